The fraction of sp³-hybridized carbons (Fsp3) is 0. The molecule has 0 saturated heterocycles. The van der Waals surface area contributed by atoms with Gasteiger partial charge in [-0.15, -0.1) is 0 Å². The fourth-order valence-corrected chi connectivity index (χ4v) is 7.62. The summed E-state index contributed by atoms with van der Waals surface area (Å²) < 4.78 is 10.7. The third kappa shape index (κ3) is 3.35. The van der Waals surface area contributed by atoms with Crippen molar-refractivity contribution in [3.05, 3.63) is 145 Å². The van der Waals surface area contributed by atoms with Crippen LogP contribution in [0.15, 0.2) is 138 Å². The average Bonchev–Trinajstić information content (AvgIpc) is 3.78. The summed E-state index contributed by atoms with van der Waals surface area (Å²) in [6.07, 6.45) is 0. The second-order valence-corrected chi connectivity index (χ2v) is 11.9. The van der Waals surface area contributed by atoms with E-state index in [1.54, 1.807) is 0 Å². The van der Waals surface area contributed by atoms with E-state index in [9.17, 15) is 10.5 Å². The van der Waals surface area contributed by atoms with Crippen LogP contribution in [-0.2, 0) is 0 Å². The number of para-hydroxylation sites is 3. The van der Waals surface area contributed by atoms with E-state index in [-0.39, 0.29) is 0 Å². The molecule has 216 valence electrons. The van der Waals surface area contributed by atoms with Gasteiger partial charge in [-0.3, -0.25) is 0 Å². The molecule has 0 aliphatic rings. The summed E-state index contributed by atoms with van der Waals surface area (Å²) in [5.41, 5.74) is 7.74. The number of nitrogens with zero attached hydrogens (tertiary/aromatic N) is 4. The molecule has 10 aromatic rings. The molecule has 5 nitrogen and oxygen atoms in total. The number of furan rings is 1. The maximum absolute atomic E-state index is 10.7. The van der Waals surface area contributed by atoms with Crippen molar-refractivity contribution in [2.24, 2.45) is 0 Å². The number of fused-ring (bicyclic) bond motifs is 12. The summed E-state index contributed by atoms with van der Waals surface area (Å²) >= 11 is 0. The first kappa shape index (κ1) is 25.5. The van der Waals surface area contributed by atoms with Gasteiger partial charge in [-0.25, -0.2) is 0 Å². The van der Waals surface area contributed by atoms with Crippen LogP contribution in [0.5, 0.6) is 0 Å². The van der Waals surface area contributed by atoms with E-state index in [0.29, 0.717) is 22.5 Å². The van der Waals surface area contributed by atoms with Crippen LogP contribution in [0.25, 0.3) is 87.7 Å². The van der Waals surface area contributed by atoms with Crippen LogP contribution in [0.4, 0.5) is 0 Å². The minimum absolute atomic E-state index is 0.470. The molecule has 7 aromatic carbocycles. The quantitative estimate of drug-likeness (QED) is 0.199. The van der Waals surface area contributed by atoms with E-state index in [1.807, 2.05) is 60.7 Å². The van der Waals surface area contributed by atoms with Crippen LogP contribution >= 0.6 is 0 Å². The molecule has 0 aliphatic carbocycles. The van der Waals surface area contributed by atoms with Crippen LogP contribution in [0, 0.1) is 22.7 Å². The molecule has 0 unspecified atom stereocenters. The van der Waals surface area contributed by atoms with E-state index in [2.05, 4.69) is 94.1 Å². The van der Waals surface area contributed by atoms with E-state index < -0.39 is 0 Å². The minimum Gasteiger partial charge on any atom is -0.455 e. The summed E-state index contributed by atoms with van der Waals surface area (Å²) in [6.45, 7) is 0. The van der Waals surface area contributed by atoms with Gasteiger partial charge >= 0.3 is 0 Å². The van der Waals surface area contributed by atoms with Gasteiger partial charge in [-0.1, -0.05) is 84.9 Å². The fourth-order valence-electron chi connectivity index (χ4n) is 7.62. The highest BCUT2D eigenvalue weighted by Gasteiger charge is 2.23. The topological polar surface area (TPSA) is 70.6 Å². The lowest BCUT2D eigenvalue weighted by Gasteiger charge is -2.15. The van der Waals surface area contributed by atoms with Crippen molar-refractivity contribution in [3.8, 4) is 23.5 Å². The van der Waals surface area contributed by atoms with Gasteiger partial charge in [0.1, 0.15) is 23.3 Å². The maximum atomic E-state index is 10.7. The summed E-state index contributed by atoms with van der Waals surface area (Å²) in [7, 11) is 0. The number of hydrogen-bond donors (Lipinski definition) is 0. The van der Waals surface area contributed by atoms with E-state index >= 15 is 0 Å². The average molecular weight is 599 g/mol. The monoisotopic (exact) mass is 598 g/mol. The van der Waals surface area contributed by atoms with Crippen molar-refractivity contribution < 1.29 is 4.42 Å². The first-order valence-corrected chi connectivity index (χ1v) is 15.5. The van der Waals surface area contributed by atoms with Crippen LogP contribution in [-0.4, -0.2) is 9.13 Å². The lowest BCUT2D eigenvalue weighted by Crippen LogP contribution is -2.04. The van der Waals surface area contributed by atoms with Gasteiger partial charge in [-0.2, -0.15) is 10.5 Å². The maximum Gasteiger partial charge on any atom is 0.145 e. The zero-order valence-corrected chi connectivity index (χ0v) is 24.9. The predicted octanol–water partition coefficient (Wildman–Crippen LogP) is 10.7. The van der Waals surface area contributed by atoms with Gasteiger partial charge in [0, 0.05) is 26.9 Å². The summed E-state index contributed by atoms with van der Waals surface area (Å²) in [5, 5.41) is 30.0. The van der Waals surface area contributed by atoms with E-state index in [1.165, 1.54) is 0 Å². The molecule has 0 radical (unpaired) electrons. The predicted molar refractivity (Wildman–Crippen MR) is 189 cm³/mol. The first-order chi connectivity index (χ1) is 23.2. The largest absolute Gasteiger partial charge is 0.455 e. The van der Waals surface area contributed by atoms with Crippen molar-refractivity contribution in [2.75, 3.05) is 0 Å². The molecule has 0 atom stereocenters. The van der Waals surface area contributed by atoms with Crippen molar-refractivity contribution in [1.29, 1.82) is 10.5 Å². The second kappa shape index (κ2) is 9.34. The highest BCUT2D eigenvalue weighted by molar-refractivity contribution is 6.24. The Morgan fingerprint density at radius 1 is 0.447 bits per heavy atom. The smallest absolute Gasteiger partial charge is 0.145 e. The van der Waals surface area contributed by atoms with Crippen molar-refractivity contribution in [2.45, 2.75) is 0 Å². The van der Waals surface area contributed by atoms with Gasteiger partial charge in [0.15, 0.2) is 0 Å². The Labute approximate surface area is 267 Å². The molecule has 0 saturated carbocycles. The molecule has 0 spiro atoms. The van der Waals surface area contributed by atoms with Crippen molar-refractivity contribution in [3.63, 3.8) is 0 Å². The molecule has 0 aliphatic heterocycles. The summed E-state index contributed by atoms with van der Waals surface area (Å²) in [6, 6.07) is 50.0. The highest BCUT2D eigenvalue weighted by atomic mass is 16.3. The Bertz CT molecular complexity index is 3050. The molecular formula is C42H22N4O. The first-order valence-electron chi connectivity index (χ1n) is 15.5. The number of nitriles is 2. The van der Waals surface area contributed by atoms with Crippen LogP contribution in [0.1, 0.15) is 11.1 Å². The molecule has 0 bridgehead atoms. The van der Waals surface area contributed by atoms with Crippen molar-refractivity contribution >= 4 is 76.3 Å². The molecule has 3 heterocycles. The van der Waals surface area contributed by atoms with Crippen LogP contribution in [0.3, 0.4) is 0 Å². The number of rotatable bonds is 2. The van der Waals surface area contributed by atoms with Gasteiger partial charge in [0.2, 0.25) is 0 Å². The molecule has 0 N–H and O–H groups in total. The molecule has 0 amide bonds. The third-order valence-corrected chi connectivity index (χ3v) is 9.58. The number of benzene rings is 7. The van der Waals surface area contributed by atoms with Gasteiger partial charge < -0.3 is 13.6 Å². The van der Waals surface area contributed by atoms with Gasteiger partial charge in [0.05, 0.1) is 50.0 Å². The minimum atomic E-state index is 0.470. The van der Waals surface area contributed by atoms with E-state index in [0.717, 1.165) is 76.3 Å². The molecule has 5 heteroatoms. The van der Waals surface area contributed by atoms with Crippen LogP contribution in [0.2, 0.25) is 0 Å². The molecule has 10 rings (SSSR count). The lowest BCUT2D eigenvalue weighted by atomic mass is 10.0. The molecule has 3 aromatic heterocycles. The summed E-state index contributed by atoms with van der Waals surface area (Å²) in [4.78, 5) is 0. The third-order valence-electron chi connectivity index (χ3n) is 9.58. The van der Waals surface area contributed by atoms with Gasteiger partial charge in [0.25, 0.3) is 0 Å². The second-order valence-electron chi connectivity index (χ2n) is 11.9. The Hall–Kier alpha value is -6.82. The standard InChI is InChI=1S/C42H22N4O/c43-23-26-22-38(46-34-15-7-4-13-32(34)41-36(46)20-18-30-29-11-5-8-16-39(29)47-42(30)41)27(24-44)21-37(26)45-33-14-6-3-12-31(33)40-28-10-2-1-9-25(28)17-19-35(40)45/h1-22H. The highest BCUT2D eigenvalue weighted by Crippen LogP contribution is 2.42. The van der Waals surface area contributed by atoms with Crippen LogP contribution < -0.4 is 0 Å². The normalized spacial score (nSPS) is 11.8. The number of aromatic nitrogens is 2. The van der Waals surface area contributed by atoms with Crippen molar-refractivity contribution in [1.82, 2.24) is 9.13 Å². The Kier molecular flexibility index (Phi) is 5.07. The molecule has 47 heavy (non-hydrogen) atoms. The molecular weight excluding hydrogens is 576 g/mol. The Balaban J connectivity index is 1.31. The van der Waals surface area contributed by atoms with Gasteiger partial charge in [-0.05, 0) is 59.3 Å². The summed E-state index contributed by atoms with van der Waals surface area (Å²) in [5.74, 6) is 0. The van der Waals surface area contributed by atoms with E-state index in [4.69, 9.17) is 4.42 Å². The Morgan fingerprint density at radius 3 is 1.66 bits per heavy atom. The lowest BCUT2D eigenvalue weighted by molar-refractivity contribution is 0.673. The zero-order valence-electron chi connectivity index (χ0n) is 24.9. The number of hydrogen-bond acceptors (Lipinski definition) is 3. The SMILES string of the molecule is N#Cc1cc(-n2c3ccccc3c3c4oc5ccccc5c4ccc32)c(C#N)cc1-n1c2ccccc2c2c3ccccc3ccc21. The molecule has 0 fully saturated rings. The Morgan fingerprint density at radius 2 is 0.979 bits per heavy atom. The zero-order chi connectivity index (χ0) is 31.2.